The van der Waals surface area contributed by atoms with Gasteiger partial charge in [-0.3, -0.25) is 9.59 Å². The van der Waals surface area contributed by atoms with Gasteiger partial charge in [-0.05, 0) is 37.3 Å². The maximum absolute atomic E-state index is 12.6. The molecule has 0 saturated heterocycles. The Morgan fingerprint density at radius 2 is 1.78 bits per heavy atom. The highest BCUT2D eigenvalue weighted by Gasteiger charge is 2.38. The summed E-state index contributed by atoms with van der Waals surface area (Å²) in [6.07, 6.45) is 5.70. The predicted octanol–water partition coefficient (Wildman–Crippen LogP) is 1.80. The van der Waals surface area contributed by atoms with Gasteiger partial charge < -0.3 is 16.8 Å². The molecule has 1 fully saturated rings. The lowest BCUT2D eigenvalue weighted by atomic mass is 9.71. The minimum Gasteiger partial charge on any atom is -0.367 e. The van der Waals surface area contributed by atoms with Crippen molar-refractivity contribution in [1.29, 1.82) is 0 Å². The molecule has 1 aliphatic rings. The van der Waals surface area contributed by atoms with Gasteiger partial charge in [0.15, 0.2) is 0 Å². The van der Waals surface area contributed by atoms with Gasteiger partial charge in [0, 0.05) is 6.42 Å². The fraction of sp³-hybridized carbons (Fsp3) is 0.556. The van der Waals surface area contributed by atoms with Gasteiger partial charge in [-0.25, -0.2) is 0 Å². The summed E-state index contributed by atoms with van der Waals surface area (Å²) in [6.45, 7) is 2.15. The largest absolute Gasteiger partial charge is 0.367 e. The maximum atomic E-state index is 12.6. The third-order valence-electron chi connectivity index (χ3n) is 5.12. The van der Waals surface area contributed by atoms with Gasteiger partial charge in [0.2, 0.25) is 11.8 Å². The lowest BCUT2D eigenvalue weighted by Crippen LogP contribution is -2.54. The molecule has 0 aromatic heterocycles. The highest BCUT2D eigenvalue weighted by Crippen LogP contribution is 2.38. The summed E-state index contributed by atoms with van der Waals surface area (Å²) < 4.78 is 0. The summed E-state index contributed by atoms with van der Waals surface area (Å²) in [4.78, 5) is 24.6. The van der Waals surface area contributed by atoms with Crippen LogP contribution in [0.2, 0.25) is 0 Å². The van der Waals surface area contributed by atoms with E-state index in [-0.39, 0.29) is 11.3 Å². The zero-order valence-electron chi connectivity index (χ0n) is 13.8. The number of hydrogen-bond donors (Lipinski definition) is 3. The second-order valence-electron chi connectivity index (χ2n) is 6.85. The molecule has 1 aromatic carbocycles. The molecule has 23 heavy (non-hydrogen) atoms. The molecule has 126 valence electrons. The molecule has 5 nitrogen and oxygen atoms in total. The molecule has 1 atom stereocenters. The summed E-state index contributed by atoms with van der Waals surface area (Å²) in [5, 5.41) is 2.85. The number of benzene rings is 1. The molecular formula is C18H27N3O2. The molecule has 0 spiro atoms. The lowest BCUT2D eigenvalue weighted by molar-refractivity contribution is -0.133. The van der Waals surface area contributed by atoms with Crippen LogP contribution in [0.5, 0.6) is 0 Å². The number of carbonyl (C=O) groups is 2. The van der Waals surface area contributed by atoms with Gasteiger partial charge in [0.25, 0.3) is 0 Å². The first-order valence-electron chi connectivity index (χ1n) is 8.28. The van der Waals surface area contributed by atoms with E-state index < -0.39 is 11.4 Å². The van der Waals surface area contributed by atoms with Crippen molar-refractivity contribution in [3.63, 3.8) is 0 Å². The van der Waals surface area contributed by atoms with Crippen molar-refractivity contribution in [1.82, 2.24) is 5.32 Å². The van der Waals surface area contributed by atoms with Crippen molar-refractivity contribution in [2.24, 2.45) is 16.9 Å². The Hall–Kier alpha value is -1.88. The first kappa shape index (κ1) is 17.5. The van der Waals surface area contributed by atoms with E-state index in [1.807, 2.05) is 18.2 Å². The van der Waals surface area contributed by atoms with E-state index in [2.05, 4.69) is 5.32 Å². The first-order chi connectivity index (χ1) is 10.9. The summed E-state index contributed by atoms with van der Waals surface area (Å²) >= 11 is 0. The smallest absolute Gasteiger partial charge is 0.247 e. The Labute approximate surface area is 137 Å². The summed E-state index contributed by atoms with van der Waals surface area (Å²) in [5.41, 5.74) is 10.9. The van der Waals surface area contributed by atoms with Gasteiger partial charge >= 0.3 is 0 Å². The number of rotatable bonds is 6. The highest BCUT2D eigenvalue weighted by atomic mass is 16.2. The Morgan fingerprint density at radius 3 is 2.30 bits per heavy atom. The summed E-state index contributed by atoms with van der Waals surface area (Å²) in [7, 11) is 0. The molecule has 1 aromatic rings. The van der Waals surface area contributed by atoms with Gasteiger partial charge in [-0.1, -0.05) is 49.6 Å². The zero-order chi connectivity index (χ0) is 16.9. The second kappa shape index (κ2) is 7.13. The van der Waals surface area contributed by atoms with E-state index in [1.165, 1.54) is 6.42 Å². The Bertz CT molecular complexity index is 553. The first-order valence-corrected chi connectivity index (χ1v) is 8.28. The van der Waals surface area contributed by atoms with Crippen molar-refractivity contribution < 1.29 is 9.59 Å². The fourth-order valence-corrected chi connectivity index (χ4v) is 3.47. The van der Waals surface area contributed by atoms with Crippen LogP contribution in [0, 0.1) is 5.41 Å². The monoisotopic (exact) mass is 317 g/mol. The molecule has 2 rings (SSSR count). The standard InChI is InChI=1S/C18H27N3O2/c1-17(16(20)23,14-8-4-2-5-9-14)21-15(22)12-18(13-19)10-6-3-7-11-18/h2,4-5,8-9H,3,6-7,10-13,19H2,1H3,(H2,20,23)(H,21,22). The van der Waals surface area contributed by atoms with Crippen molar-refractivity contribution in [2.45, 2.75) is 51.0 Å². The summed E-state index contributed by atoms with van der Waals surface area (Å²) in [6, 6.07) is 9.10. The SMILES string of the molecule is CC(NC(=O)CC1(CN)CCCCC1)(C(N)=O)c1ccccc1. The fourth-order valence-electron chi connectivity index (χ4n) is 3.47. The van der Waals surface area contributed by atoms with E-state index in [4.69, 9.17) is 11.5 Å². The zero-order valence-corrected chi connectivity index (χ0v) is 13.8. The molecule has 0 radical (unpaired) electrons. The number of carbonyl (C=O) groups excluding carboxylic acids is 2. The third kappa shape index (κ3) is 3.91. The van der Waals surface area contributed by atoms with Crippen molar-refractivity contribution in [2.75, 3.05) is 6.54 Å². The lowest BCUT2D eigenvalue weighted by Gasteiger charge is -2.37. The van der Waals surface area contributed by atoms with Crippen molar-refractivity contribution in [3.8, 4) is 0 Å². The third-order valence-corrected chi connectivity index (χ3v) is 5.12. The molecule has 0 bridgehead atoms. The topological polar surface area (TPSA) is 98.2 Å². The van der Waals surface area contributed by atoms with Crippen LogP contribution in [0.3, 0.4) is 0 Å². The molecule has 0 heterocycles. The normalized spacial score (nSPS) is 19.6. The Morgan fingerprint density at radius 1 is 1.17 bits per heavy atom. The van der Waals surface area contributed by atoms with Crippen molar-refractivity contribution in [3.05, 3.63) is 35.9 Å². The molecular weight excluding hydrogens is 290 g/mol. The number of nitrogens with one attached hydrogen (secondary N) is 1. The van der Waals surface area contributed by atoms with E-state index in [1.54, 1.807) is 19.1 Å². The van der Waals surface area contributed by atoms with Crippen LogP contribution in [0.4, 0.5) is 0 Å². The van der Waals surface area contributed by atoms with E-state index >= 15 is 0 Å². The highest BCUT2D eigenvalue weighted by molar-refractivity contribution is 5.91. The predicted molar refractivity (Wildman–Crippen MR) is 90.3 cm³/mol. The average Bonchev–Trinajstić information content (AvgIpc) is 2.56. The molecule has 5 heteroatoms. The molecule has 1 saturated carbocycles. The van der Waals surface area contributed by atoms with Gasteiger partial charge in [-0.15, -0.1) is 0 Å². The van der Waals surface area contributed by atoms with Crippen LogP contribution in [-0.2, 0) is 15.1 Å². The van der Waals surface area contributed by atoms with Crippen LogP contribution in [0.15, 0.2) is 30.3 Å². The van der Waals surface area contributed by atoms with Crippen LogP contribution in [-0.4, -0.2) is 18.4 Å². The molecule has 5 N–H and O–H groups in total. The van der Waals surface area contributed by atoms with E-state index in [0.29, 0.717) is 18.5 Å². The molecule has 0 aliphatic heterocycles. The van der Waals surface area contributed by atoms with E-state index in [0.717, 1.165) is 25.7 Å². The van der Waals surface area contributed by atoms with Gasteiger partial charge in [0.05, 0.1) is 0 Å². The van der Waals surface area contributed by atoms with Crippen LogP contribution in [0.1, 0.15) is 51.0 Å². The van der Waals surface area contributed by atoms with Gasteiger partial charge in [-0.2, -0.15) is 0 Å². The second-order valence-corrected chi connectivity index (χ2v) is 6.85. The quantitative estimate of drug-likeness (QED) is 0.746. The van der Waals surface area contributed by atoms with Gasteiger partial charge in [0.1, 0.15) is 5.54 Å². The molecule has 1 unspecified atom stereocenters. The Balaban J connectivity index is 2.14. The maximum Gasteiger partial charge on any atom is 0.247 e. The average molecular weight is 317 g/mol. The number of nitrogens with two attached hydrogens (primary N) is 2. The number of amides is 2. The molecule has 1 aliphatic carbocycles. The molecule has 2 amide bonds. The number of primary amides is 1. The van der Waals surface area contributed by atoms with E-state index in [9.17, 15) is 9.59 Å². The van der Waals surface area contributed by atoms with Crippen LogP contribution < -0.4 is 16.8 Å². The minimum atomic E-state index is -1.21. The van der Waals surface area contributed by atoms with Crippen molar-refractivity contribution >= 4 is 11.8 Å². The minimum absolute atomic E-state index is 0.141. The number of hydrogen-bond acceptors (Lipinski definition) is 3. The van der Waals surface area contributed by atoms with Crippen LogP contribution >= 0.6 is 0 Å². The van der Waals surface area contributed by atoms with Crippen LogP contribution in [0.25, 0.3) is 0 Å². The Kier molecular flexibility index (Phi) is 5.42. The summed E-state index contributed by atoms with van der Waals surface area (Å²) in [5.74, 6) is -0.731.